The van der Waals surface area contributed by atoms with Gasteiger partial charge in [0.1, 0.15) is 12.4 Å². The number of amides is 1. The molecular weight excluding hydrogens is 222 g/mol. The lowest BCUT2D eigenvalue weighted by molar-refractivity contribution is 0.0544. The summed E-state index contributed by atoms with van der Waals surface area (Å²) in [6.07, 6.45) is 0. The lowest BCUT2D eigenvalue weighted by Gasteiger charge is -2.07. The minimum Gasteiger partial charge on any atom is -0.491 e. The molecule has 1 aromatic rings. The van der Waals surface area contributed by atoms with Crippen LogP contribution in [0.3, 0.4) is 0 Å². The molecule has 0 aliphatic heterocycles. The summed E-state index contributed by atoms with van der Waals surface area (Å²) in [6, 6.07) is 6.66. The molecule has 0 aromatic heterocycles. The normalized spacial score (nSPS) is 10.2. The lowest BCUT2D eigenvalue weighted by atomic mass is 10.2. The number of primary amides is 1. The highest BCUT2D eigenvalue weighted by molar-refractivity contribution is 5.92. The van der Waals surface area contributed by atoms with Gasteiger partial charge in [0.2, 0.25) is 5.91 Å². The van der Waals surface area contributed by atoms with E-state index in [1.807, 2.05) is 0 Å². The Morgan fingerprint density at radius 2 is 1.76 bits per heavy atom. The standard InChI is InChI=1S/C12H17NO4/c1-15-6-7-16-8-9-17-11-4-2-10(3-5-11)12(13)14/h2-5H,6-9H2,1H3,(H2,13,14). The molecule has 0 spiro atoms. The fourth-order valence-corrected chi connectivity index (χ4v) is 1.18. The molecule has 17 heavy (non-hydrogen) atoms. The van der Waals surface area contributed by atoms with Gasteiger partial charge in [-0.3, -0.25) is 4.79 Å². The fourth-order valence-electron chi connectivity index (χ4n) is 1.18. The molecule has 0 atom stereocenters. The first-order valence-electron chi connectivity index (χ1n) is 5.33. The van der Waals surface area contributed by atoms with Crippen LogP contribution in [-0.2, 0) is 9.47 Å². The monoisotopic (exact) mass is 239 g/mol. The Morgan fingerprint density at radius 1 is 1.12 bits per heavy atom. The van der Waals surface area contributed by atoms with Crippen molar-refractivity contribution in [2.24, 2.45) is 5.73 Å². The van der Waals surface area contributed by atoms with E-state index in [9.17, 15) is 4.79 Å². The number of nitrogens with two attached hydrogens (primary N) is 1. The van der Waals surface area contributed by atoms with Crippen molar-refractivity contribution in [1.82, 2.24) is 0 Å². The Hall–Kier alpha value is -1.59. The van der Waals surface area contributed by atoms with Crippen molar-refractivity contribution >= 4 is 5.91 Å². The van der Waals surface area contributed by atoms with Gasteiger partial charge in [0, 0.05) is 12.7 Å². The number of carbonyl (C=O) groups excluding carboxylic acids is 1. The molecule has 0 radical (unpaired) electrons. The Labute approximate surface area is 100 Å². The molecule has 0 fully saturated rings. The molecule has 0 bridgehead atoms. The van der Waals surface area contributed by atoms with Gasteiger partial charge in [-0.15, -0.1) is 0 Å². The second kappa shape index (κ2) is 7.65. The minimum atomic E-state index is -0.445. The number of rotatable bonds is 8. The molecule has 0 aliphatic rings. The van der Waals surface area contributed by atoms with Gasteiger partial charge < -0.3 is 19.9 Å². The van der Waals surface area contributed by atoms with Crippen molar-refractivity contribution in [3.05, 3.63) is 29.8 Å². The summed E-state index contributed by atoms with van der Waals surface area (Å²) in [5.74, 6) is 0.241. The van der Waals surface area contributed by atoms with Crippen molar-refractivity contribution < 1.29 is 19.0 Å². The second-order valence-electron chi connectivity index (χ2n) is 3.34. The van der Waals surface area contributed by atoms with Gasteiger partial charge in [0.05, 0.1) is 19.8 Å². The summed E-state index contributed by atoms with van der Waals surface area (Å²) in [6.45, 7) is 2.09. The SMILES string of the molecule is COCCOCCOc1ccc(C(N)=O)cc1. The summed E-state index contributed by atoms with van der Waals surface area (Å²) in [7, 11) is 1.63. The summed E-state index contributed by atoms with van der Waals surface area (Å²) in [4.78, 5) is 10.8. The van der Waals surface area contributed by atoms with E-state index < -0.39 is 5.91 Å². The van der Waals surface area contributed by atoms with Crippen LogP contribution < -0.4 is 10.5 Å². The zero-order valence-electron chi connectivity index (χ0n) is 9.85. The van der Waals surface area contributed by atoms with Gasteiger partial charge in [-0.05, 0) is 24.3 Å². The largest absolute Gasteiger partial charge is 0.491 e. The van der Waals surface area contributed by atoms with Crippen LogP contribution in [0.25, 0.3) is 0 Å². The minimum absolute atomic E-state index is 0.445. The van der Waals surface area contributed by atoms with Crippen LogP contribution >= 0.6 is 0 Å². The van der Waals surface area contributed by atoms with E-state index in [4.69, 9.17) is 19.9 Å². The van der Waals surface area contributed by atoms with Gasteiger partial charge in [0.15, 0.2) is 0 Å². The molecule has 0 aliphatic carbocycles. The van der Waals surface area contributed by atoms with Gasteiger partial charge in [-0.2, -0.15) is 0 Å². The summed E-state index contributed by atoms with van der Waals surface area (Å²) >= 11 is 0. The van der Waals surface area contributed by atoms with Crippen molar-refractivity contribution in [1.29, 1.82) is 0 Å². The first kappa shape index (κ1) is 13.5. The van der Waals surface area contributed by atoms with E-state index in [-0.39, 0.29) is 0 Å². The van der Waals surface area contributed by atoms with Crippen molar-refractivity contribution in [3.63, 3.8) is 0 Å². The van der Waals surface area contributed by atoms with Gasteiger partial charge in [-0.25, -0.2) is 0 Å². The quantitative estimate of drug-likeness (QED) is 0.682. The molecule has 2 N–H and O–H groups in total. The Bertz CT molecular complexity index is 337. The molecule has 5 nitrogen and oxygen atoms in total. The molecular formula is C12H17NO4. The fraction of sp³-hybridized carbons (Fsp3) is 0.417. The van der Waals surface area contributed by atoms with E-state index in [0.717, 1.165) is 0 Å². The lowest BCUT2D eigenvalue weighted by Crippen LogP contribution is -2.11. The average Bonchev–Trinajstić information content (AvgIpc) is 2.34. The zero-order chi connectivity index (χ0) is 12.5. The summed E-state index contributed by atoms with van der Waals surface area (Å²) in [5.41, 5.74) is 5.59. The zero-order valence-corrected chi connectivity index (χ0v) is 9.85. The van der Waals surface area contributed by atoms with Crippen molar-refractivity contribution in [2.75, 3.05) is 33.5 Å². The average molecular weight is 239 g/mol. The highest BCUT2D eigenvalue weighted by atomic mass is 16.5. The maximum atomic E-state index is 10.8. The molecule has 1 aromatic carbocycles. The van der Waals surface area contributed by atoms with Crippen LogP contribution in [0.1, 0.15) is 10.4 Å². The molecule has 0 saturated carbocycles. The van der Waals surface area contributed by atoms with Crippen LogP contribution in [0.15, 0.2) is 24.3 Å². The van der Waals surface area contributed by atoms with Gasteiger partial charge in [0.25, 0.3) is 0 Å². The maximum absolute atomic E-state index is 10.8. The first-order valence-corrected chi connectivity index (χ1v) is 5.33. The van der Waals surface area contributed by atoms with E-state index in [2.05, 4.69) is 0 Å². The maximum Gasteiger partial charge on any atom is 0.248 e. The van der Waals surface area contributed by atoms with Gasteiger partial charge in [-0.1, -0.05) is 0 Å². The third-order valence-corrected chi connectivity index (χ3v) is 2.07. The summed E-state index contributed by atoms with van der Waals surface area (Å²) < 4.78 is 15.5. The molecule has 1 rings (SSSR count). The molecule has 0 unspecified atom stereocenters. The number of methoxy groups -OCH3 is 1. The number of carbonyl (C=O) groups is 1. The van der Waals surface area contributed by atoms with E-state index in [0.29, 0.717) is 37.7 Å². The van der Waals surface area contributed by atoms with Crippen LogP contribution in [0.2, 0.25) is 0 Å². The third-order valence-electron chi connectivity index (χ3n) is 2.07. The molecule has 0 heterocycles. The topological polar surface area (TPSA) is 70.8 Å². The molecule has 5 heteroatoms. The Kier molecular flexibility index (Phi) is 6.06. The summed E-state index contributed by atoms with van der Waals surface area (Å²) in [5, 5.41) is 0. The predicted molar refractivity (Wildman–Crippen MR) is 63.1 cm³/mol. The second-order valence-corrected chi connectivity index (χ2v) is 3.34. The van der Waals surface area contributed by atoms with E-state index in [1.54, 1.807) is 31.4 Å². The smallest absolute Gasteiger partial charge is 0.248 e. The van der Waals surface area contributed by atoms with Crippen LogP contribution in [0, 0.1) is 0 Å². The Morgan fingerprint density at radius 3 is 2.35 bits per heavy atom. The molecule has 94 valence electrons. The van der Waals surface area contributed by atoms with Crippen LogP contribution in [-0.4, -0.2) is 39.4 Å². The van der Waals surface area contributed by atoms with Gasteiger partial charge >= 0.3 is 0 Å². The Balaban J connectivity index is 2.21. The molecule has 0 saturated heterocycles. The third kappa shape index (κ3) is 5.33. The van der Waals surface area contributed by atoms with E-state index >= 15 is 0 Å². The van der Waals surface area contributed by atoms with Crippen molar-refractivity contribution in [3.8, 4) is 5.75 Å². The molecule has 1 amide bonds. The van der Waals surface area contributed by atoms with Crippen LogP contribution in [0.4, 0.5) is 0 Å². The van der Waals surface area contributed by atoms with Crippen molar-refractivity contribution in [2.45, 2.75) is 0 Å². The van der Waals surface area contributed by atoms with E-state index in [1.165, 1.54) is 0 Å². The highest BCUT2D eigenvalue weighted by Crippen LogP contribution is 2.11. The number of hydrogen-bond donors (Lipinski definition) is 1. The number of benzene rings is 1. The number of ether oxygens (including phenoxy) is 3. The predicted octanol–water partition coefficient (Wildman–Crippen LogP) is 0.827. The highest BCUT2D eigenvalue weighted by Gasteiger charge is 1.99. The van der Waals surface area contributed by atoms with Crippen LogP contribution in [0.5, 0.6) is 5.75 Å². The number of hydrogen-bond acceptors (Lipinski definition) is 4. The first-order chi connectivity index (χ1) is 8.24.